The molecule has 0 saturated heterocycles. The molecule has 6 heteroatoms. The zero-order valence-electron chi connectivity index (χ0n) is 19.6. The number of hydrogen-bond donors (Lipinski definition) is 2. The average Bonchev–Trinajstić information content (AvgIpc) is 3.38. The number of unbranched alkanes of at least 4 members (excludes halogenated alkanes) is 3. The van der Waals surface area contributed by atoms with Crippen LogP contribution in [0.25, 0.3) is 10.9 Å². The fourth-order valence-corrected chi connectivity index (χ4v) is 3.92. The first-order chi connectivity index (χ1) is 16.6. The third kappa shape index (κ3) is 5.39. The Labute approximate surface area is 199 Å². The molecule has 4 aromatic rings. The number of carbonyl (C=O) groups excluding carboxylic acids is 1. The molecule has 0 amide bonds. The van der Waals surface area contributed by atoms with Crippen molar-refractivity contribution in [3.05, 3.63) is 89.5 Å². The Kier molecular flexibility index (Phi) is 7.48. The number of anilines is 1. The molecule has 1 unspecified atom stereocenters. The first-order valence-electron chi connectivity index (χ1n) is 11.7. The van der Waals surface area contributed by atoms with Crippen molar-refractivity contribution < 1.29 is 19.1 Å². The Morgan fingerprint density at radius 3 is 2.59 bits per heavy atom. The second kappa shape index (κ2) is 10.9. The van der Waals surface area contributed by atoms with Crippen LogP contribution in [0.15, 0.2) is 71.3 Å². The van der Waals surface area contributed by atoms with Gasteiger partial charge in [-0.05, 0) is 55.8 Å². The highest BCUT2D eigenvalue weighted by Crippen LogP contribution is 2.36. The molecule has 2 aromatic heterocycles. The monoisotopic (exact) mass is 458 g/mol. The van der Waals surface area contributed by atoms with Crippen LogP contribution < -0.4 is 5.32 Å². The van der Waals surface area contributed by atoms with Crippen molar-refractivity contribution in [1.29, 1.82) is 0 Å². The van der Waals surface area contributed by atoms with Gasteiger partial charge in [0.1, 0.15) is 23.1 Å². The topological polar surface area (TPSA) is 84.6 Å². The molecule has 6 nitrogen and oxygen atoms in total. The number of esters is 1. The number of ether oxygens (including phenoxy) is 1. The number of phenols is 1. The van der Waals surface area contributed by atoms with E-state index in [1.807, 2.05) is 55.5 Å². The van der Waals surface area contributed by atoms with Crippen LogP contribution >= 0.6 is 0 Å². The maximum Gasteiger partial charge on any atom is 0.338 e. The van der Waals surface area contributed by atoms with Crippen LogP contribution in [0.2, 0.25) is 0 Å². The van der Waals surface area contributed by atoms with Gasteiger partial charge < -0.3 is 19.6 Å². The smallest absolute Gasteiger partial charge is 0.338 e. The van der Waals surface area contributed by atoms with Crippen molar-refractivity contribution in [2.24, 2.45) is 0 Å². The molecule has 0 spiro atoms. The molecule has 0 aliphatic carbocycles. The summed E-state index contributed by atoms with van der Waals surface area (Å²) < 4.78 is 11.1. The zero-order valence-corrected chi connectivity index (χ0v) is 19.6. The van der Waals surface area contributed by atoms with Gasteiger partial charge in [0, 0.05) is 22.3 Å². The normalized spacial score (nSPS) is 11.9. The molecule has 0 aliphatic rings. The quantitative estimate of drug-likeness (QED) is 0.201. The predicted molar refractivity (Wildman–Crippen MR) is 133 cm³/mol. The third-order valence-electron chi connectivity index (χ3n) is 5.81. The molecule has 2 aromatic carbocycles. The van der Waals surface area contributed by atoms with Crippen LogP contribution in [-0.4, -0.2) is 22.7 Å². The van der Waals surface area contributed by atoms with Crippen molar-refractivity contribution in [2.45, 2.75) is 45.6 Å². The molecule has 1 atom stereocenters. The van der Waals surface area contributed by atoms with Crippen molar-refractivity contribution in [3.63, 3.8) is 0 Å². The number of fused-ring (bicyclic) bond motifs is 1. The number of hydrogen-bond acceptors (Lipinski definition) is 6. The van der Waals surface area contributed by atoms with Crippen LogP contribution in [-0.2, 0) is 4.74 Å². The standard InChI is InChI=1S/C28H30N2O4/c1-3-4-5-6-17-34-28(32)21-11-14-22(15-12-21)30-26(24-8-7-18-33-24)23-16-13-20-10-9-19(2)29-25(20)27(23)31/h7-16,18,26,30-31H,3-6,17H2,1-2H3. The number of phenolic OH excluding ortho intramolecular Hbond substituents is 1. The van der Waals surface area contributed by atoms with E-state index in [2.05, 4.69) is 17.2 Å². The Bertz CT molecular complexity index is 1230. The van der Waals surface area contributed by atoms with Gasteiger partial charge in [0.25, 0.3) is 0 Å². The number of nitrogens with one attached hydrogen (secondary N) is 1. The van der Waals surface area contributed by atoms with Crippen LogP contribution in [0.5, 0.6) is 5.75 Å². The van der Waals surface area contributed by atoms with Crippen LogP contribution in [0.3, 0.4) is 0 Å². The van der Waals surface area contributed by atoms with E-state index in [4.69, 9.17) is 9.15 Å². The summed E-state index contributed by atoms with van der Waals surface area (Å²) in [6.45, 7) is 4.48. The van der Waals surface area contributed by atoms with Gasteiger partial charge in [0.2, 0.25) is 0 Å². The van der Waals surface area contributed by atoms with E-state index in [-0.39, 0.29) is 11.7 Å². The van der Waals surface area contributed by atoms with Gasteiger partial charge in [-0.25, -0.2) is 9.78 Å². The van der Waals surface area contributed by atoms with E-state index in [0.717, 1.165) is 42.5 Å². The molecule has 176 valence electrons. The molecule has 0 aliphatic heterocycles. The van der Waals surface area contributed by atoms with Crippen molar-refractivity contribution in [2.75, 3.05) is 11.9 Å². The lowest BCUT2D eigenvalue weighted by molar-refractivity contribution is 0.0498. The first-order valence-corrected chi connectivity index (χ1v) is 11.7. The number of nitrogens with zero attached hydrogens (tertiary/aromatic N) is 1. The number of aromatic nitrogens is 1. The third-order valence-corrected chi connectivity index (χ3v) is 5.81. The van der Waals surface area contributed by atoms with Gasteiger partial charge in [-0.2, -0.15) is 0 Å². The lowest BCUT2D eigenvalue weighted by Gasteiger charge is -2.20. The van der Waals surface area contributed by atoms with Crippen LogP contribution in [0.4, 0.5) is 5.69 Å². The van der Waals surface area contributed by atoms with E-state index in [9.17, 15) is 9.90 Å². The number of furan rings is 1. The number of rotatable bonds is 10. The number of aryl methyl sites for hydroxylation is 1. The summed E-state index contributed by atoms with van der Waals surface area (Å²) in [5.74, 6) is 0.440. The molecule has 4 rings (SSSR count). The van der Waals surface area contributed by atoms with Crippen molar-refractivity contribution in [1.82, 2.24) is 4.98 Å². The van der Waals surface area contributed by atoms with E-state index in [1.165, 1.54) is 0 Å². The minimum Gasteiger partial charge on any atom is -0.505 e. The highest BCUT2D eigenvalue weighted by Gasteiger charge is 2.22. The van der Waals surface area contributed by atoms with E-state index in [0.29, 0.717) is 29.0 Å². The summed E-state index contributed by atoms with van der Waals surface area (Å²) in [6.07, 6.45) is 5.85. The van der Waals surface area contributed by atoms with Gasteiger partial charge in [0.15, 0.2) is 0 Å². The Morgan fingerprint density at radius 1 is 1.06 bits per heavy atom. The fraction of sp³-hybridized carbons (Fsp3) is 0.286. The highest BCUT2D eigenvalue weighted by molar-refractivity contribution is 5.90. The summed E-state index contributed by atoms with van der Waals surface area (Å²) >= 11 is 0. The van der Waals surface area contributed by atoms with Gasteiger partial charge in [-0.3, -0.25) is 0 Å². The number of carbonyl (C=O) groups is 1. The minimum atomic E-state index is -0.446. The average molecular weight is 459 g/mol. The van der Waals surface area contributed by atoms with E-state index >= 15 is 0 Å². The van der Waals surface area contributed by atoms with E-state index < -0.39 is 6.04 Å². The Morgan fingerprint density at radius 2 is 1.85 bits per heavy atom. The summed E-state index contributed by atoms with van der Waals surface area (Å²) in [6, 6.07) is 18.0. The maximum absolute atomic E-state index is 12.3. The molecule has 0 saturated carbocycles. The van der Waals surface area contributed by atoms with Crippen LogP contribution in [0, 0.1) is 6.92 Å². The molecule has 0 fully saturated rings. The van der Waals surface area contributed by atoms with Gasteiger partial charge in [0.05, 0.1) is 18.4 Å². The molecule has 0 radical (unpaired) electrons. The lowest BCUT2D eigenvalue weighted by Crippen LogP contribution is -2.12. The Hall–Kier alpha value is -3.80. The highest BCUT2D eigenvalue weighted by atomic mass is 16.5. The summed E-state index contributed by atoms with van der Waals surface area (Å²) in [5.41, 5.74) is 3.31. The van der Waals surface area contributed by atoms with Gasteiger partial charge >= 0.3 is 5.97 Å². The van der Waals surface area contributed by atoms with Crippen molar-refractivity contribution in [3.8, 4) is 5.75 Å². The zero-order chi connectivity index (χ0) is 23.9. The fourth-order valence-electron chi connectivity index (χ4n) is 3.92. The minimum absolute atomic E-state index is 0.110. The summed E-state index contributed by atoms with van der Waals surface area (Å²) in [4.78, 5) is 16.8. The molecular weight excluding hydrogens is 428 g/mol. The first kappa shape index (κ1) is 23.4. The van der Waals surface area contributed by atoms with Gasteiger partial charge in [-0.1, -0.05) is 44.4 Å². The van der Waals surface area contributed by atoms with Crippen LogP contribution in [0.1, 0.15) is 66.0 Å². The largest absolute Gasteiger partial charge is 0.505 e. The summed E-state index contributed by atoms with van der Waals surface area (Å²) in [5, 5.41) is 15.3. The summed E-state index contributed by atoms with van der Waals surface area (Å²) in [7, 11) is 0. The molecular formula is C28H30N2O4. The SMILES string of the molecule is CCCCCCOC(=O)c1ccc(NC(c2ccco2)c2ccc3ccc(C)nc3c2O)cc1. The number of pyridine rings is 1. The number of benzene rings is 2. The van der Waals surface area contributed by atoms with E-state index in [1.54, 1.807) is 18.4 Å². The molecule has 34 heavy (non-hydrogen) atoms. The number of aromatic hydroxyl groups is 1. The second-order valence-electron chi connectivity index (χ2n) is 8.39. The van der Waals surface area contributed by atoms with Crippen molar-refractivity contribution >= 4 is 22.6 Å². The predicted octanol–water partition coefficient (Wildman–Crippen LogP) is 6.78. The van der Waals surface area contributed by atoms with Gasteiger partial charge in [-0.15, -0.1) is 0 Å². The molecule has 2 N–H and O–H groups in total. The Balaban J connectivity index is 1.54. The lowest BCUT2D eigenvalue weighted by atomic mass is 10.00. The molecule has 0 bridgehead atoms. The second-order valence-corrected chi connectivity index (χ2v) is 8.39. The molecule has 2 heterocycles. The maximum atomic E-state index is 12.3.